The van der Waals surface area contributed by atoms with Crippen molar-refractivity contribution < 1.29 is 14.7 Å². The Balaban J connectivity index is 2.67. The Morgan fingerprint density at radius 3 is 2.58 bits per heavy atom. The molecule has 4 N–H and O–H groups in total. The Hall–Kier alpha value is -1.30. The van der Waals surface area contributed by atoms with Crippen molar-refractivity contribution in [2.75, 3.05) is 13.1 Å². The van der Waals surface area contributed by atoms with Crippen LogP contribution in [0.5, 0.6) is 0 Å². The van der Waals surface area contributed by atoms with Crippen LogP contribution in [0, 0.1) is 11.8 Å². The second-order valence-electron chi connectivity index (χ2n) is 5.81. The van der Waals surface area contributed by atoms with Gasteiger partial charge in [-0.1, -0.05) is 20.8 Å². The summed E-state index contributed by atoms with van der Waals surface area (Å²) in [4.78, 5) is 25.0. The molecule has 0 aromatic heterocycles. The lowest BCUT2D eigenvalue weighted by Gasteiger charge is -2.36. The summed E-state index contributed by atoms with van der Waals surface area (Å²) in [6.07, 6.45) is 0.827. The third kappa shape index (κ3) is 4.70. The zero-order chi connectivity index (χ0) is 14.6. The highest BCUT2D eigenvalue weighted by atomic mass is 16.3. The van der Waals surface area contributed by atoms with Crippen molar-refractivity contribution in [2.45, 2.75) is 45.8 Å². The maximum absolute atomic E-state index is 12.4. The number of aliphatic hydroxyl groups excluding tert-OH is 1. The minimum absolute atomic E-state index is 0.154. The standard InChI is InChI=1S/C13H25N3O3/c1-8(2)6-10(15-13(14)19)12(18)16-5-4-9(3)11(17)7-16/h8-11,17H,4-7H2,1-3H3,(H3,14,15,19). The topological polar surface area (TPSA) is 95.7 Å². The fourth-order valence-corrected chi connectivity index (χ4v) is 2.33. The molecule has 1 aliphatic heterocycles. The van der Waals surface area contributed by atoms with Crippen LogP contribution in [0.15, 0.2) is 0 Å². The summed E-state index contributed by atoms with van der Waals surface area (Å²) in [5, 5.41) is 12.3. The van der Waals surface area contributed by atoms with E-state index in [1.54, 1.807) is 4.90 Å². The summed E-state index contributed by atoms with van der Waals surface area (Å²) in [5.41, 5.74) is 5.12. The fraction of sp³-hybridized carbons (Fsp3) is 0.846. The van der Waals surface area contributed by atoms with E-state index < -0.39 is 18.2 Å². The molecule has 1 saturated heterocycles. The van der Waals surface area contributed by atoms with Crippen LogP contribution < -0.4 is 11.1 Å². The van der Waals surface area contributed by atoms with E-state index in [1.807, 2.05) is 20.8 Å². The van der Waals surface area contributed by atoms with Gasteiger partial charge < -0.3 is 21.1 Å². The maximum atomic E-state index is 12.4. The second-order valence-corrected chi connectivity index (χ2v) is 5.81. The molecule has 1 rings (SSSR count). The first-order chi connectivity index (χ1) is 8.81. The summed E-state index contributed by atoms with van der Waals surface area (Å²) in [6, 6.07) is -1.29. The van der Waals surface area contributed by atoms with Gasteiger partial charge in [0.1, 0.15) is 6.04 Å². The number of carbonyl (C=O) groups is 2. The molecule has 3 atom stereocenters. The van der Waals surface area contributed by atoms with Gasteiger partial charge in [0.15, 0.2) is 0 Å². The van der Waals surface area contributed by atoms with Gasteiger partial charge in [-0.3, -0.25) is 4.79 Å². The Labute approximate surface area is 114 Å². The number of hydrogen-bond donors (Lipinski definition) is 3. The minimum atomic E-state index is -0.690. The number of β-amino-alcohol motifs (C(OH)–C–C–N with tert-alkyl or cyclic N) is 1. The van der Waals surface area contributed by atoms with Gasteiger partial charge in [0, 0.05) is 13.1 Å². The molecule has 0 aromatic rings. The average molecular weight is 271 g/mol. The van der Waals surface area contributed by atoms with E-state index in [9.17, 15) is 14.7 Å². The number of rotatable bonds is 4. The van der Waals surface area contributed by atoms with Gasteiger partial charge in [-0.15, -0.1) is 0 Å². The molecule has 1 fully saturated rings. The molecule has 0 aliphatic carbocycles. The molecule has 19 heavy (non-hydrogen) atoms. The number of amides is 3. The van der Waals surface area contributed by atoms with Crippen LogP contribution >= 0.6 is 0 Å². The molecule has 0 saturated carbocycles. The summed E-state index contributed by atoms with van der Waals surface area (Å²) >= 11 is 0. The number of piperidine rings is 1. The third-order valence-corrected chi connectivity index (χ3v) is 3.55. The van der Waals surface area contributed by atoms with Crippen LogP contribution in [0.2, 0.25) is 0 Å². The molecule has 6 nitrogen and oxygen atoms in total. The van der Waals surface area contributed by atoms with Crippen LogP contribution in [0.1, 0.15) is 33.6 Å². The summed E-state index contributed by atoms with van der Waals surface area (Å²) < 4.78 is 0. The zero-order valence-corrected chi connectivity index (χ0v) is 11.9. The number of nitrogens with zero attached hydrogens (tertiary/aromatic N) is 1. The first-order valence-corrected chi connectivity index (χ1v) is 6.84. The first kappa shape index (κ1) is 15.8. The van der Waals surface area contributed by atoms with Gasteiger partial charge in [-0.2, -0.15) is 0 Å². The number of hydrogen-bond acceptors (Lipinski definition) is 3. The summed E-state index contributed by atoms with van der Waals surface area (Å²) in [6.45, 7) is 6.88. The number of likely N-dealkylation sites (tertiary alicyclic amines) is 1. The van der Waals surface area contributed by atoms with E-state index in [1.165, 1.54) is 0 Å². The monoisotopic (exact) mass is 271 g/mol. The molecular weight excluding hydrogens is 246 g/mol. The van der Waals surface area contributed by atoms with Crippen molar-refractivity contribution in [3.63, 3.8) is 0 Å². The number of carbonyl (C=O) groups excluding carboxylic acids is 2. The first-order valence-electron chi connectivity index (χ1n) is 6.84. The molecule has 3 amide bonds. The molecule has 0 bridgehead atoms. The predicted octanol–water partition coefficient (Wildman–Crippen LogP) is 0.299. The van der Waals surface area contributed by atoms with Crippen molar-refractivity contribution in [1.82, 2.24) is 10.2 Å². The Morgan fingerprint density at radius 1 is 1.47 bits per heavy atom. The highest BCUT2D eigenvalue weighted by Gasteiger charge is 2.31. The highest BCUT2D eigenvalue weighted by molar-refractivity contribution is 5.86. The van der Waals surface area contributed by atoms with E-state index in [0.717, 1.165) is 6.42 Å². The van der Waals surface area contributed by atoms with Gasteiger partial charge in [0.2, 0.25) is 5.91 Å². The van der Waals surface area contributed by atoms with Crippen LogP contribution in [-0.4, -0.2) is 47.2 Å². The van der Waals surface area contributed by atoms with Crippen molar-refractivity contribution in [3.05, 3.63) is 0 Å². The van der Waals surface area contributed by atoms with Crippen LogP contribution in [0.25, 0.3) is 0 Å². The smallest absolute Gasteiger partial charge is 0.312 e. The molecule has 0 spiro atoms. The van der Waals surface area contributed by atoms with Gasteiger partial charge in [0.05, 0.1) is 6.10 Å². The van der Waals surface area contributed by atoms with Crippen LogP contribution in [0.3, 0.4) is 0 Å². The lowest BCUT2D eigenvalue weighted by Crippen LogP contribution is -2.54. The number of primary amides is 1. The lowest BCUT2D eigenvalue weighted by atomic mass is 9.94. The van der Waals surface area contributed by atoms with Gasteiger partial charge in [-0.25, -0.2) is 4.79 Å². The van der Waals surface area contributed by atoms with Crippen molar-refractivity contribution in [2.24, 2.45) is 17.6 Å². The quantitative estimate of drug-likeness (QED) is 0.686. The Bertz CT molecular complexity index is 333. The molecule has 1 aliphatic rings. The second kappa shape index (κ2) is 6.75. The molecule has 3 unspecified atom stereocenters. The van der Waals surface area contributed by atoms with Crippen molar-refractivity contribution in [1.29, 1.82) is 0 Å². The van der Waals surface area contributed by atoms with Gasteiger partial charge in [-0.05, 0) is 24.7 Å². The Kier molecular flexibility index (Phi) is 5.60. The highest BCUT2D eigenvalue weighted by Crippen LogP contribution is 2.18. The summed E-state index contributed by atoms with van der Waals surface area (Å²) in [5.74, 6) is 0.324. The maximum Gasteiger partial charge on any atom is 0.312 e. The lowest BCUT2D eigenvalue weighted by molar-refractivity contribution is -0.137. The number of aliphatic hydroxyl groups is 1. The number of nitrogens with one attached hydrogen (secondary N) is 1. The van der Waals surface area contributed by atoms with Gasteiger partial charge in [0.25, 0.3) is 0 Å². The fourth-order valence-electron chi connectivity index (χ4n) is 2.33. The molecule has 0 radical (unpaired) electrons. The third-order valence-electron chi connectivity index (χ3n) is 3.55. The van der Waals surface area contributed by atoms with Crippen molar-refractivity contribution in [3.8, 4) is 0 Å². The number of nitrogens with two attached hydrogens (primary N) is 1. The van der Waals surface area contributed by atoms with Gasteiger partial charge >= 0.3 is 6.03 Å². The van der Waals surface area contributed by atoms with Crippen LogP contribution in [0.4, 0.5) is 4.79 Å². The van der Waals surface area contributed by atoms with Crippen LogP contribution in [-0.2, 0) is 4.79 Å². The van der Waals surface area contributed by atoms with E-state index in [2.05, 4.69) is 5.32 Å². The average Bonchev–Trinajstić information content (AvgIpc) is 2.29. The molecular formula is C13H25N3O3. The normalized spacial score (nSPS) is 25.2. The number of urea groups is 1. The predicted molar refractivity (Wildman–Crippen MR) is 72.3 cm³/mol. The van der Waals surface area contributed by atoms with E-state index in [4.69, 9.17) is 5.73 Å². The summed E-state index contributed by atoms with van der Waals surface area (Å²) in [7, 11) is 0. The van der Waals surface area contributed by atoms with E-state index >= 15 is 0 Å². The minimum Gasteiger partial charge on any atom is -0.391 e. The van der Waals surface area contributed by atoms with E-state index in [0.29, 0.717) is 19.5 Å². The molecule has 110 valence electrons. The molecule has 6 heteroatoms. The molecule has 1 heterocycles. The van der Waals surface area contributed by atoms with Crippen molar-refractivity contribution >= 4 is 11.9 Å². The molecule has 0 aromatic carbocycles. The SMILES string of the molecule is CC(C)CC(NC(N)=O)C(=O)N1CCC(C)C(O)C1. The van der Waals surface area contributed by atoms with E-state index in [-0.39, 0.29) is 17.7 Å². The zero-order valence-electron chi connectivity index (χ0n) is 11.9. The largest absolute Gasteiger partial charge is 0.391 e. The Morgan fingerprint density at radius 2 is 2.11 bits per heavy atom.